The lowest BCUT2D eigenvalue weighted by atomic mass is 10.0. The molecule has 0 aromatic heterocycles. The largest absolute Gasteiger partial charge is 0.444 e. The average Bonchev–Trinajstić information content (AvgIpc) is 2.80. The highest BCUT2D eigenvalue weighted by atomic mass is 16.6. The molecule has 2 aromatic carbocycles. The monoisotopic (exact) mass is 465 g/mol. The quantitative estimate of drug-likeness (QED) is 0.543. The Labute approximate surface area is 202 Å². The van der Waals surface area contributed by atoms with E-state index in [1.165, 1.54) is 4.90 Å². The first-order valence-corrected chi connectivity index (χ1v) is 11.4. The highest BCUT2D eigenvalue weighted by Gasteiger charge is 2.31. The Bertz CT molecular complexity index is 983. The third kappa shape index (κ3) is 8.39. The van der Waals surface area contributed by atoms with Gasteiger partial charge in [-0.05, 0) is 49.9 Å². The molecule has 1 atom stereocenters. The van der Waals surface area contributed by atoms with Crippen molar-refractivity contribution in [1.29, 1.82) is 0 Å². The van der Waals surface area contributed by atoms with E-state index in [1.807, 2.05) is 61.5 Å². The maximum absolute atomic E-state index is 13.4. The maximum Gasteiger partial charge on any atom is 0.408 e. The normalized spacial score (nSPS) is 11.8. The molecule has 1 unspecified atom stereocenters. The molecule has 0 radical (unpaired) electrons. The Morgan fingerprint density at radius 2 is 1.76 bits per heavy atom. The molecule has 2 N–H and O–H groups in total. The topological polar surface area (TPSA) is 87.7 Å². The fourth-order valence-corrected chi connectivity index (χ4v) is 3.41. The number of ether oxygens (including phenoxy) is 1. The van der Waals surface area contributed by atoms with Gasteiger partial charge >= 0.3 is 6.09 Å². The fourth-order valence-electron chi connectivity index (χ4n) is 3.41. The number of carbonyl (C=O) groups excluding carboxylic acids is 3. The van der Waals surface area contributed by atoms with Crippen LogP contribution in [0.3, 0.4) is 0 Å². The fraction of sp³-hybridized carbons (Fsp3) is 0.370. The molecule has 34 heavy (non-hydrogen) atoms. The molecule has 0 aliphatic heterocycles. The Balaban J connectivity index is 2.28. The summed E-state index contributed by atoms with van der Waals surface area (Å²) >= 11 is 0. The number of hydrogen-bond acceptors (Lipinski definition) is 4. The second-order valence-corrected chi connectivity index (χ2v) is 8.92. The first-order chi connectivity index (χ1) is 16.1. The van der Waals surface area contributed by atoms with Crippen LogP contribution in [0.2, 0.25) is 0 Å². The number of nitrogens with zero attached hydrogens (tertiary/aromatic N) is 1. The molecule has 3 amide bonds. The molecule has 0 saturated carbocycles. The van der Waals surface area contributed by atoms with Crippen molar-refractivity contribution in [2.45, 2.75) is 52.3 Å². The molecule has 0 fully saturated rings. The molecule has 7 heteroatoms. The van der Waals surface area contributed by atoms with Crippen LogP contribution in [0.4, 0.5) is 4.79 Å². The van der Waals surface area contributed by atoms with E-state index >= 15 is 0 Å². The molecule has 182 valence electrons. The third-order valence-corrected chi connectivity index (χ3v) is 4.90. The number of rotatable bonds is 10. The summed E-state index contributed by atoms with van der Waals surface area (Å²) in [4.78, 5) is 40.2. The zero-order valence-electron chi connectivity index (χ0n) is 20.5. The zero-order valence-corrected chi connectivity index (χ0v) is 20.5. The molecule has 2 rings (SSSR count). The summed E-state index contributed by atoms with van der Waals surface area (Å²) in [6.07, 6.45) is 1.65. The van der Waals surface area contributed by atoms with Crippen LogP contribution in [0.1, 0.15) is 56.8 Å². The van der Waals surface area contributed by atoms with Crippen molar-refractivity contribution >= 4 is 24.0 Å². The van der Waals surface area contributed by atoms with Crippen molar-refractivity contribution in [3.05, 3.63) is 77.9 Å². The van der Waals surface area contributed by atoms with E-state index in [1.54, 1.807) is 26.8 Å². The van der Waals surface area contributed by atoms with Crippen LogP contribution < -0.4 is 10.6 Å². The summed E-state index contributed by atoms with van der Waals surface area (Å²) in [5.41, 5.74) is 1.78. The number of nitrogens with one attached hydrogen (secondary N) is 2. The van der Waals surface area contributed by atoms with Crippen molar-refractivity contribution in [3.63, 3.8) is 0 Å². The van der Waals surface area contributed by atoms with Crippen LogP contribution in [0, 0.1) is 0 Å². The summed E-state index contributed by atoms with van der Waals surface area (Å²) < 4.78 is 5.23. The molecule has 0 bridgehead atoms. The lowest BCUT2D eigenvalue weighted by molar-refractivity contribution is -0.140. The molecular formula is C27H35N3O4. The SMILES string of the molecule is C=Cc1cccc(C(C(=O)NCc2ccccc2)N(CCC)C(=O)CNC(=O)OC(C)(C)C)c1. The van der Waals surface area contributed by atoms with Gasteiger partial charge in [-0.15, -0.1) is 0 Å². The summed E-state index contributed by atoms with van der Waals surface area (Å²) in [6.45, 7) is 11.4. The second-order valence-electron chi connectivity index (χ2n) is 8.92. The smallest absolute Gasteiger partial charge is 0.408 e. The molecule has 2 aromatic rings. The predicted molar refractivity (Wildman–Crippen MR) is 134 cm³/mol. The lowest BCUT2D eigenvalue weighted by Gasteiger charge is -2.31. The van der Waals surface area contributed by atoms with Crippen LogP contribution >= 0.6 is 0 Å². The van der Waals surface area contributed by atoms with Crippen LogP contribution in [0.25, 0.3) is 6.08 Å². The molecule has 0 aliphatic carbocycles. The van der Waals surface area contributed by atoms with Gasteiger partial charge in [0.15, 0.2) is 0 Å². The van der Waals surface area contributed by atoms with E-state index in [9.17, 15) is 14.4 Å². The molecular weight excluding hydrogens is 430 g/mol. The number of benzene rings is 2. The molecule has 0 heterocycles. The van der Waals surface area contributed by atoms with Crippen LogP contribution in [-0.4, -0.2) is 41.5 Å². The van der Waals surface area contributed by atoms with E-state index < -0.39 is 17.7 Å². The van der Waals surface area contributed by atoms with Crippen LogP contribution in [-0.2, 0) is 20.9 Å². The van der Waals surface area contributed by atoms with Gasteiger partial charge in [0.25, 0.3) is 0 Å². The van der Waals surface area contributed by atoms with E-state index in [0.29, 0.717) is 25.1 Å². The third-order valence-electron chi connectivity index (χ3n) is 4.90. The summed E-state index contributed by atoms with van der Waals surface area (Å²) in [6, 6.07) is 16.1. The lowest BCUT2D eigenvalue weighted by Crippen LogP contribution is -2.48. The number of hydrogen-bond donors (Lipinski definition) is 2. The minimum atomic E-state index is -0.864. The van der Waals surface area contributed by atoms with Crippen molar-refractivity contribution < 1.29 is 19.1 Å². The molecule has 0 spiro atoms. The Kier molecular flexibility index (Phi) is 9.86. The van der Waals surface area contributed by atoms with Gasteiger partial charge in [0.1, 0.15) is 18.2 Å². The highest BCUT2D eigenvalue weighted by molar-refractivity contribution is 5.90. The maximum atomic E-state index is 13.4. The number of carbonyl (C=O) groups is 3. The Morgan fingerprint density at radius 1 is 1.06 bits per heavy atom. The van der Waals surface area contributed by atoms with Gasteiger partial charge in [0.05, 0.1) is 0 Å². The Hall–Kier alpha value is -3.61. The molecule has 7 nitrogen and oxygen atoms in total. The first kappa shape index (κ1) is 26.6. The number of alkyl carbamates (subject to hydrolysis) is 1. The van der Waals surface area contributed by atoms with Crippen molar-refractivity contribution in [3.8, 4) is 0 Å². The van der Waals surface area contributed by atoms with Gasteiger partial charge in [0, 0.05) is 13.1 Å². The highest BCUT2D eigenvalue weighted by Crippen LogP contribution is 2.24. The first-order valence-electron chi connectivity index (χ1n) is 11.4. The van der Waals surface area contributed by atoms with Gasteiger partial charge in [-0.1, -0.05) is 68.1 Å². The second kappa shape index (κ2) is 12.6. The summed E-state index contributed by atoms with van der Waals surface area (Å²) in [5, 5.41) is 5.46. The van der Waals surface area contributed by atoms with Crippen LogP contribution in [0.15, 0.2) is 61.2 Å². The molecule has 0 saturated heterocycles. The summed E-state index contributed by atoms with van der Waals surface area (Å²) in [7, 11) is 0. The molecule has 0 aliphatic rings. The minimum Gasteiger partial charge on any atom is -0.444 e. The van der Waals surface area contributed by atoms with Gasteiger partial charge < -0.3 is 20.3 Å². The van der Waals surface area contributed by atoms with E-state index in [2.05, 4.69) is 17.2 Å². The van der Waals surface area contributed by atoms with Crippen LogP contribution in [0.5, 0.6) is 0 Å². The zero-order chi connectivity index (χ0) is 25.1. The average molecular weight is 466 g/mol. The Morgan fingerprint density at radius 3 is 2.38 bits per heavy atom. The van der Waals surface area contributed by atoms with E-state index in [-0.39, 0.29) is 18.4 Å². The number of amides is 3. The van der Waals surface area contributed by atoms with E-state index in [4.69, 9.17) is 4.74 Å². The minimum absolute atomic E-state index is 0.279. The predicted octanol–water partition coefficient (Wildman–Crippen LogP) is 4.45. The van der Waals surface area contributed by atoms with Crippen molar-refractivity contribution in [2.24, 2.45) is 0 Å². The standard InChI is InChI=1S/C27H35N3O4/c1-6-16-30(23(31)19-29-26(33)34-27(3,4)5)24(22-15-11-14-20(7-2)17-22)25(32)28-18-21-12-9-8-10-13-21/h7-15,17,24H,2,6,16,18-19H2,1,3-5H3,(H,28,32)(H,29,33). The summed E-state index contributed by atoms with van der Waals surface area (Å²) in [5.74, 6) is -0.680. The van der Waals surface area contributed by atoms with E-state index in [0.717, 1.165) is 11.1 Å². The van der Waals surface area contributed by atoms with Gasteiger partial charge in [0.2, 0.25) is 11.8 Å². The van der Waals surface area contributed by atoms with Gasteiger partial charge in [-0.25, -0.2) is 4.79 Å². The van der Waals surface area contributed by atoms with Gasteiger partial charge in [-0.2, -0.15) is 0 Å². The van der Waals surface area contributed by atoms with Crippen molar-refractivity contribution in [1.82, 2.24) is 15.5 Å². The van der Waals surface area contributed by atoms with Gasteiger partial charge in [-0.3, -0.25) is 9.59 Å². The van der Waals surface area contributed by atoms with Crippen molar-refractivity contribution in [2.75, 3.05) is 13.1 Å².